The van der Waals surface area contributed by atoms with Gasteiger partial charge in [0.05, 0.1) is 24.9 Å². The fourth-order valence-corrected chi connectivity index (χ4v) is 4.88. The first kappa shape index (κ1) is 20.3. The van der Waals surface area contributed by atoms with E-state index in [4.69, 9.17) is 4.74 Å². The zero-order chi connectivity index (χ0) is 20.4. The third-order valence-electron chi connectivity index (χ3n) is 5.54. The fraction of sp³-hybridized carbons (Fsp3) is 0.478. The van der Waals surface area contributed by atoms with Crippen molar-refractivity contribution in [2.24, 2.45) is 11.3 Å². The van der Waals surface area contributed by atoms with Gasteiger partial charge in [0.2, 0.25) is 0 Å². The summed E-state index contributed by atoms with van der Waals surface area (Å²) in [5.41, 5.74) is 1.53. The van der Waals surface area contributed by atoms with Crippen LogP contribution in [0.2, 0.25) is 0 Å². The molecule has 1 aromatic carbocycles. The molecule has 3 rings (SSSR count). The molecular formula is C23H30N2O3. The third-order valence-corrected chi connectivity index (χ3v) is 5.54. The van der Waals surface area contributed by atoms with Gasteiger partial charge in [-0.05, 0) is 60.9 Å². The van der Waals surface area contributed by atoms with Crippen molar-refractivity contribution in [2.45, 2.75) is 45.6 Å². The van der Waals surface area contributed by atoms with Crippen molar-refractivity contribution >= 4 is 5.91 Å². The van der Waals surface area contributed by atoms with E-state index in [0.29, 0.717) is 17.2 Å². The van der Waals surface area contributed by atoms with E-state index in [-0.39, 0.29) is 17.9 Å². The van der Waals surface area contributed by atoms with Crippen molar-refractivity contribution in [1.29, 1.82) is 0 Å². The Balaban J connectivity index is 1.90. The highest BCUT2D eigenvalue weighted by atomic mass is 16.5. The van der Waals surface area contributed by atoms with Crippen LogP contribution in [0.5, 0.6) is 5.75 Å². The van der Waals surface area contributed by atoms with E-state index < -0.39 is 5.54 Å². The van der Waals surface area contributed by atoms with E-state index >= 15 is 0 Å². The smallest absolute Gasteiger partial charge is 0.251 e. The average molecular weight is 383 g/mol. The van der Waals surface area contributed by atoms with Crippen LogP contribution in [-0.2, 0) is 0 Å². The van der Waals surface area contributed by atoms with Crippen LogP contribution in [0.1, 0.15) is 50.4 Å². The first-order chi connectivity index (χ1) is 13.3. The van der Waals surface area contributed by atoms with Gasteiger partial charge in [-0.25, -0.2) is 0 Å². The summed E-state index contributed by atoms with van der Waals surface area (Å²) in [5.74, 6) is 0.925. The molecule has 1 aromatic heterocycles. The number of aromatic nitrogens is 1. The van der Waals surface area contributed by atoms with E-state index in [0.717, 1.165) is 30.5 Å². The lowest BCUT2D eigenvalue weighted by Gasteiger charge is -2.47. The fourth-order valence-electron chi connectivity index (χ4n) is 4.88. The lowest BCUT2D eigenvalue weighted by atomic mass is 9.64. The van der Waals surface area contributed by atoms with Crippen LogP contribution in [0, 0.1) is 11.3 Å². The molecule has 1 heterocycles. The van der Waals surface area contributed by atoms with Gasteiger partial charge in [0.15, 0.2) is 0 Å². The first-order valence-corrected chi connectivity index (χ1v) is 9.80. The molecule has 5 nitrogen and oxygen atoms in total. The van der Waals surface area contributed by atoms with E-state index in [9.17, 15) is 9.90 Å². The molecule has 0 unspecified atom stereocenters. The van der Waals surface area contributed by atoms with Gasteiger partial charge >= 0.3 is 0 Å². The van der Waals surface area contributed by atoms with Crippen molar-refractivity contribution in [2.75, 3.05) is 13.7 Å². The maximum atomic E-state index is 13.1. The monoisotopic (exact) mass is 382 g/mol. The summed E-state index contributed by atoms with van der Waals surface area (Å²) in [5, 5.41) is 13.3. The highest BCUT2D eigenvalue weighted by molar-refractivity contribution is 5.96. The Morgan fingerprint density at radius 3 is 2.68 bits per heavy atom. The van der Waals surface area contributed by atoms with Crippen molar-refractivity contribution in [3.05, 3.63) is 48.2 Å². The number of carbonyl (C=O) groups is 1. The van der Waals surface area contributed by atoms with E-state index in [1.165, 1.54) is 0 Å². The van der Waals surface area contributed by atoms with Gasteiger partial charge in [0.25, 0.3) is 5.91 Å². The Bertz CT molecular complexity index is 835. The largest absolute Gasteiger partial charge is 0.496 e. The van der Waals surface area contributed by atoms with Gasteiger partial charge in [-0.3, -0.25) is 9.78 Å². The molecule has 0 aliphatic heterocycles. The summed E-state index contributed by atoms with van der Waals surface area (Å²) in [6, 6.07) is 11.0. The maximum Gasteiger partial charge on any atom is 0.251 e. The molecule has 1 fully saturated rings. The molecule has 0 bridgehead atoms. The number of methoxy groups -OCH3 is 1. The van der Waals surface area contributed by atoms with Crippen LogP contribution in [0.15, 0.2) is 42.6 Å². The van der Waals surface area contributed by atoms with Crippen LogP contribution >= 0.6 is 0 Å². The molecule has 5 heteroatoms. The van der Waals surface area contributed by atoms with E-state index in [2.05, 4.69) is 31.1 Å². The summed E-state index contributed by atoms with van der Waals surface area (Å²) < 4.78 is 5.46. The van der Waals surface area contributed by atoms with Gasteiger partial charge in [-0.1, -0.05) is 26.8 Å². The molecule has 2 atom stereocenters. The van der Waals surface area contributed by atoms with Crippen molar-refractivity contribution in [3.63, 3.8) is 0 Å². The predicted octanol–water partition coefficient (Wildman–Crippen LogP) is 4.06. The van der Waals surface area contributed by atoms with Crippen LogP contribution < -0.4 is 10.1 Å². The van der Waals surface area contributed by atoms with Gasteiger partial charge in [-0.15, -0.1) is 0 Å². The quantitative estimate of drug-likeness (QED) is 0.818. The minimum atomic E-state index is -0.594. The molecule has 28 heavy (non-hydrogen) atoms. The van der Waals surface area contributed by atoms with Crippen molar-refractivity contribution in [3.8, 4) is 17.0 Å². The highest BCUT2D eigenvalue weighted by Gasteiger charge is 2.43. The molecule has 1 saturated carbocycles. The van der Waals surface area contributed by atoms with E-state index in [1.807, 2.05) is 18.2 Å². The lowest BCUT2D eigenvalue weighted by molar-refractivity contribution is 0.0334. The molecule has 2 aromatic rings. The zero-order valence-corrected chi connectivity index (χ0v) is 17.2. The van der Waals surface area contributed by atoms with Crippen LogP contribution in [0.25, 0.3) is 11.3 Å². The Kier molecular flexibility index (Phi) is 5.75. The van der Waals surface area contributed by atoms with Crippen molar-refractivity contribution < 1.29 is 14.6 Å². The Hall–Kier alpha value is -2.40. The van der Waals surface area contributed by atoms with Gasteiger partial charge < -0.3 is 15.2 Å². The number of pyridine rings is 1. The molecule has 150 valence electrons. The first-order valence-electron chi connectivity index (χ1n) is 9.80. The molecule has 0 spiro atoms. The Morgan fingerprint density at radius 2 is 2.07 bits per heavy atom. The van der Waals surface area contributed by atoms with Crippen LogP contribution in [0.4, 0.5) is 0 Å². The van der Waals surface area contributed by atoms with Gasteiger partial charge in [0, 0.05) is 17.3 Å². The van der Waals surface area contributed by atoms with Gasteiger partial charge in [-0.2, -0.15) is 0 Å². The number of carbonyl (C=O) groups excluding carboxylic acids is 1. The number of rotatable bonds is 5. The lowest BCUT2D eigenvalue weighted by Crippen LogP contribution is -2.57. The second-order valence-corrected chi connectivity index (χ2v) is 8.88. The molecule has 0 saturated heterocycles. The molecule has 2 N–H and O–H groups in total. The second-order valence-electron chi connectivity index (χ2n) is 8.88. The number of nitrogens with zero attached hydrogens (tertiary/aromatic N) is 1. The van der Waals surface area contributed by atoms with Crippen LogP contribution in [-0.4, -0.2) is 35.3 Å². The Labute approximate surface area is 167 Å². The number of aliphatic hydroxyl groups excluding tert-OH is 1. The molecule has 0 radical (unpaired) electrons. The second kappa shape index (κ2) is 7.92. The summed E-state index contributed by atoms with van der Waals surface area (Å²) in [4.78, 5) is 17.5. The molecule has 1 aliphatic rings. The van der Waals surface area contributed by atoms with Crippen molar-refractivity contribution in [1.82, 2.24) is 10.3 Å². The number of ether oxygens (including phenoxy) is 1. The standard InChI is InChI=1S/C23H30N2O3/c1-16-12-22(2,3)14-23(13-16,15-26)25-21(27)17-8-9-20(28-4)18(11-17)19-7-5-6-10-24-19/h5-11,16,26H,12-15H2,1-4H3,(H,25,27)/t16-,23-/m1/s1. The summed E-state index contributed by atoms with van der Waals surface area (Å²) >= 11 is 0. The molecule has 1 amide bonds. The normalized spacial score (nSPS) is 23.8. The average Bonchev–Trinajstić information content (AvgIpc) is 2.66. The minimum absolute atomic E-state index is 0.0598. The van der Waals surface area contributed by atoms with E-state index in [1.54, 1.807) is 31.5 Å². The zero-order valence-electron chi connectivity index (χ0n) is 17.2. The number of aliphatic hydroxyl groups is 1. The maximum absolute atomic E-state index is 13.1. The SMILES string of the molecule is COc1ccc(C(=O)N[C@]2(CO)C[C@H](C)CC(C)(C)C2)cc1-c1ccccn1. The number of hydrogen-bond acceptors (Lipinski definition) is 4. The third kappa shape index (κ3) is 4.36. The highest BCUT2D eigenvalue weighted by Crippen LogP contribution is 2.44. The Morgan fingerprint density at radius 1 is 1.29 bits per heavy atom. The summed E-state index contributed by atoms with van der Waals surface area (Å²) in [6.07, 6.45) is 4.35. The topological polar surface area (TPSA) is 71.5 Å². The summed E-state index contributed by atoms with van der Waals surface area (Å²) in [7, 11) is 1.60. The van der Waals surface area contributed by atoms with Gasteiger partial charge in [0.1, 0.15) is 5.75 Å². The number of nitrogens with one attached hydrogen (secondary N) is 1. The minimum Gasteiger partial charge on any atom is -0.496 e. The predicted molar refractivity (Wildman–Crippen MR) is 110 cm³/mol. The number of benzene rings is 1. The number of amides is 1. The number of hydrogen-bond donors (Lipinski definition) is 2. The molecule has 1 aliphatic carbocycles. The van der Waals surface area contributed by atoms with Crippen LogP contribution in [0.3, 0.4) is 0 Å². The summed E-state index contributed by atoms with van der Waals surface area (Å²) in [6.45, 7) is 6.53. The molecular weight excluding hydrogens is 352 g/mol.